The van der Waals surface area contributed by atoms with Crippen LogP contribution in [0, 0.1) is 0 Å². The molecule has 0 aliphatic rings. The molecule has 1 heterocycles. The average Bonchev–Trinajstić information content (AvgIpc) is 2.90. The topological polar surface area (TPSA) is 77.8 Å². The summed E-state index contributed by atoms with van der Waals surface area (Å²) < 4.78 is 15.4. The second-order valence-electron chi connectivity index (χ2n) is 5.41. The SMILES string of the molecule is C=C=C(C(=O)OCC)C(NC(=O)OC(C)(C)C)c1ccco1. The predicted octanol–water partition coefficient (Wildman–Crippen LogP) is 3.12. The molecule has 1 atom stereocenters. The van der Waals surface area contributed by atoms with Gasteiger partial charge in [0.05, 0.1) is 12.9 Å². The van der Waals surface area contributed by atoms with Gasteiger partial charge in [0.1, 0.15) is 23.0 Å². The van der Waals surface area contributed by atoms with E-state index in [0.29, 0.717) is 5.76 Å². The Hall–Kier alpha value is -2.46. The monoisotopic (exact) mass is 307 g/mol. The molecule has 1 rings (SSSR count). The van der Waals surface area contributed by atoms with Crippen LogP contribution in [0.3, 0.4) is 0 Å². The maximum Gasteiger partial charge on any atom is 0.408 e. The van der Waals surface area contributed by atoms with Gasteiger partial charge in [-0.15, -0.1) is 5.73 Å². The van der Waals surface area contributed by atoms with E-state index in [4.69, 9.17) is 13.9 Å². The number of amides is 1. The Morgan fingerprint density at radius 3 is 2.59 bits per heavy atom. The van der Waals surface area contributed by atoms with Crippen LogP contribution in [0.4, 0.5) is 4.79 Å². The third kappa shape index (κ3) is 5.14. The molecule has 0 aromatic carbocycles. The highest BCUT2D eigenvalue weighted by molar-refractivity contribution is 5.90. The summed E-state index contributed by atoms with van der Waals surface area (Å²) in [4.78, 5) is 24.0. The number of hydrogen-bond donors (Lipinski definition) is 1. The molecular formula is C16H21NO5. The first-order chi connectivity index (χ1) is 10.3. The normalized spacial score (nSPS) is 12.0. The second kappa shape index (κ2) is 7.52. The molecule has 22 heavy (non-hydrogen) atoms. The number of carbonyl (C=O) groups is 2. The first-order valence-corrected chi connectivity index (χ1v) is 6.88. The molecule has 6 heteroatoms. The van der Waals surface area contributed by atoms with Gasteiger partial charge in [-0.2, -0.15) is 0 Å². The molecule has 0 bridgehead atoms. The van der Waals surface area contributed by atoms with Crippen molar-refractivity contribution in [3.8, 4) is 0 Å². The molecule has 0 radical (unpaired) electrons. The number of hydrogen-bond acceptors (Lipinski definition) is 5. The zero-order valence-electron chi connectivity index (χ0n) is 13.3. The molecule has 1 aromatic heterocycles. The quantitative estimate of drug-likeness (QED) is 0.514. The molecule has 0 saturated carbocycles. The van der Waals surface area contributed by atoms with E-state index in [1.54, 1.807) is 39.8 Å². The van der Waals surface area contributed by atoms with Gasteiger partial charge in [0.2, 0.25) is 0 Å². The third-order valence-electron chi connectivity index (χ3n) is 2.46. The molecule has 6 nitrogen and oxygen atoms in total. The van der Waals surface area contributed by atoms with Gasteiger partial charge >= 0.3 is 12.1 Å². The summed E-state index contributed by atoms with van der Waals surface area (Å²) in [7, 11) is 0. The Labute approximate surface area is 129 Å². The molecule has 1 N–H and O–H groups in total. The lowest BCUT2D eigenvalue weighted by Gasteiger charge is -2.23. The van der Waals surface area contributed by atoms with Gasteiger partial charge < -0.3 is 19.2 Å². The molecule has 0 aliphatic heterocycles. The van der Waals surface area contributed by atoms with E-state index in [1.165, 1.54) is 6.26 Å². The van der Waals surface area contributed by atoms with E-state index in [-0.39, 0.29) is 12.2 Å². The fraction of sp³-hybridized carbons (Fsp3) is 0.438. The highest BCUT2D eigenvalue weighted by Crippen LogP contribution is 2.23. The van der Waals surface area contributed by atoms with Crippen LogP contribution in [0.5, 0.6) is 0 Å². The molecule has 1 amide bonds. The first kappa shape index (κ1) is 17.6. The van der Waals surface area contributed by atoms with E-state index in [9.17, 15) is 9.59 Å². The lowest BCUT2D eigenvalue weighted by atomic mass is 10.1. The van der Waals surface area contributed by atoms with Crippen molar-refractivity contribution in [2.75, 3.05) is 6.61 Å². The minimum absolute atomic E-state index is 0.0441. The summed E-state index contributed by atoms with van der Waals surface area (Å²) in [6.07, 6.45) is 0.747. The van der Waals surface area contributed by atoms with Crippen molar-refractivity contribution >= 4 is 12.1 Å². The molecule has 120 valence electrons. The van der Waals surface area contributed by atoms with Crippen LogP contribution >= 0.6 is 0 Å². The molecule has 0 fully saturated rings. The lowest BCUT2D eigenvalue weighted by Crippen LogP contribution is -2.36. The van der Waals surface area contributed by atoms with E-state index in [1.807, 2.05) is 0 Å². The van der Waals surface area contributed by atoms with Crippen LogP contribution in [0.15, 0.2) is 40.7 Å². The van der Waals surface area contributed by atoms with Gasteiger partial charge in [-0.05, 0) is 39.8 Å². The zero-order valence-corrected chi connectivity index (χ0v) is 13.3. The molecule has 1 unspecified atom stereocenters. The van der Waals surface area contributed by atoms with E-state index >= 15 is 0 Å². The maximum atomic E-state index is 12.0. The summed E-state index contributed by atoms with van der Waals surface area (Å²) in [5.74, 6) is -0.278. The highest BCUT2D eigenvalue weighted by atomic mass is 16.6. The van der Waals surface area contributed by atoms with Gasteiger partial charge in [-0.3, -0.25) is 0 Å². The third-order valence-corrected chi connectivity index (χ3v) is 2.46. The Balaban J connectivity index is 3.02. The summed E-state index contributed by atoms with van der Waals surface area (Å²) in [5.41, 5.74) is 1.88. The van der Waals surface area contributed by atoms with Crippen LogP contribution in [0.1, 0.15) is 39.5 Å². The number of alkyl carbamates (subject to hydrolysis) is 1. The number of nitrogens with one attached hydrogen (secondary N) is 1. The lowest BCUT2D eigenvalue weighted by molar-refractivity contribution is -0.138. The standard InChI is InChI=1S/C16H21NO5/c1-6-11(14(18)20-7-2)13(12-9-8-10-21-12)17-15(19)22-16(3,4)5/h8-10,13H,1,7H2,2-5H3,(H,17,19). The minimum Gasteiger partial charge on any atom is -0.467 e. The fourth-order valence-electron chi connectivity index (χ4n) is 1.67. The van der Waals surface area contributed by atoms with Crippen molar-refractivity contribution in [2.24, 2.45) is 0 Å². The highest BCUT2D eigenvalue weighted by Gasteiger charge is 2.29. The number of ether oxygens (including phenoxy) is 2. The van der Waals surface area contributed by atoms with Gasteiger partial charge in [0.15, 0.2) is 0 Å². The van der Waals surface area contributed by atoms with Crippen molar-refractivity contribution in [2.45, 2.75) is 39.3 Å². The van der Waals surface area contributed by atoms with Crippen molar-refractivity contribution in [1.29, 1.82) is 0 Å². The van der Waals surface area contributed by atoms with E-state index in [2.05, 4.69) is 17.6 Å². The summed E-state index contributed by atoms with van der Waals surface area (Å²) in [6, 6.07) is 2.38. The Morgan fingerprint density at radius 1 is 1.45 bits per heavy atom. The van der Waals surface area contributed by atoms with Gasteiger partial charge in [-0.1, -0.05) is 6.58 Å². The summed E-state index contributed by atoms with van der Waals surface area (Å²) >= 11 is 0. The summed E-state index contributed by atoms with van der Waals surface area (Å²) in [6.45, 7) is 10.6. The largest absolute Gasteiger partial charge is 0.467 e. The van der Waals surface area contributed by atoms with Crippen LogP contribution in [0.25, 0.3) is 0 Å². The van der Waals surface area contributed by atoms with Gasteiger partial charge in [0, 0.05) is 0 Å². The average molecular weight is 307 g/mol. The van der Waals surface area contributed by atoms with Crippen LogP contribution in [0.2, 0.25) is 0 Å². The summed E-state index contributed by atoms with van der Waals surface area (Å²) in [5, 5.41) is 2.57. The minimum atomic E-state index is -0.888. The van der Waals surface area contributed by atoms with Crippen LogP contribution in [-0.4, -0.2) is 24.3 Å². The van der Waals surface area contributed by atoms with Crippen molar-refractivity contribution in [1.82, 2.24) is 5.32 Å². The Morgan fingerprint density at radius 2 is 2.14 bits per heavy atom. The molecule has 0 spiro atoms. The molecular weight excluding hydrogens is 286 g/mol. The molecule has 1 aromatic rings. The zero-order chi connectivity index (χ0) is 16.8. The van der Waals surface area contributed by atoms with Crippen molar-refractivity contribution < 1.29 is 23.5 Å². The van der Waals surface area contributed by atoms with Crippen LogP contribution < -0.4 is 5.32 Å². The fourth-order valence-corrected chi connectivity index (χ4v) is 1.67. The number of rotatable bonds is 5. The number of carbonyl (C=O) groups excluding carboxylic acids is 2. The van der Waals surface area contributed by atoms with Crippen molar-refractivity contribution in [3.05, 3.63) is 42.0 Å². The second-order valence-corrected chi connectivity index (χ2v) is 5.41. The van der Waals surface area contributed by atoms with E-state index in [0.717, 1.165) is 0 Å². The Kier molecular flexibility index (Phi) is 6.01. The molecule has 0 aliphatic carbocycles. The van der Waals surface area contributed by atoms with E-state index < -0.39 is 23.7 Å². The Bertz CT molecular complexity index is 562. The molecule has 0 saturated heterocycles. The maximum absolute atomic E-state index is 12.0. The van der Waals surface area contributed by atoms with Crippen molar-refractivity contribution in [3.63, 3.8) is 0 Å². The van der Waals surface area contributed by atoms with Crippen LogP contribution in [-0.2, 0) is 14.3 Å². The number of esters is 1. The predicted molar refractivity (Wildman–Crippen MR) is 80.1 cm³/mol. The number of furan rings is 1. The first-order valence-electron chi connectivity index (χ1n) is 6.88. The van der Waals surface area contributed by atoms with Gasteiger partial charge in [0.25, 0.3) is 0 Å². The van der Waals surface area contributed by atoms with Gasteiger partial charge in [-0.25, -0.2) is 9.59 Å². The smallest absolute Gasteiger partial charge is 0.408 e.